The van der Waals surface area contributed by atoms with Crippen LogP contribution in [-0.4, -0.2) is 21.2 Å². The molecule has 1 amide bonds. The number of anilines is 1. The minimum Gasteiger partial charge on any atom is -0.325 e. The highest BCUT2D eigenvalue weighted by Gasteiger charge is 2.17. The third kappa shape index (κ3) is 4.86. The number of rotatable bonds is 6. The fourth-order valence-electron chi connectivity index (χ4n) is 3.91. The first-order valence-corrected chi connectivity index (χ1v) is 11.9. The molecule has 0 atom stereocenters. The van der Waals surface area contributed by atoms with E-state index in [2.05, 4.69) is 19.2 Å². The first-order valence-electron chi connectivity index (χ1n) is 11.0. The topological polar surface area (TPSA) is 64.0 Å². The quantitative estimate of drug-likeness (QED) is 0.291. The van der Waals surface area contributed by atoms with E-state index >= 15 is 0 Å². The molecule has 0 bridgehead atoms. The third-order valence-electron chi connectivity index (χ3n) is 5.53. The van der Waals surface area contributed by atoms with Crippen molar-refractivity contribution >= 4 is 34.3 Å². The molecule has 0 saturated carbocycles. The van der Waals surface area contributed by atoms with E-state index in [1.165, 1.54) is 11.8 Å². The molecular formula is C27H27N3O2S. The summed E-state index contributed by atoms with van der Waals surface area (Å²) in [7, 11) is 0. The molecule has 0 spiro atoms. The zero-order valence-electron chi connectivity index (χ0n) is 19.3. The van der Waals surface area contributed by atoms with Gasteiger partial charge in [-0.3, -0.25) is 14.2 Å². The lowest BCUT2D eigenvalue weighted by molar-refractivity contribution is -0.113. The third-order valence-corrected chi connectivity index (χ3v) is 6.47. The van der Waals surface area contributed by atoms with E-state index in [-0.39, 0.29) is 17.2 Å². The highest BCUT2D eigenvalue weighted by Crippen LogP contribution is 2.26. The number of thioether (sulfide) groups is 1. The Labute approximate surface area is 197 Å². The molecule has 5 nitrogen and oxygen atoms in total. The normalized spacial score (nSPS) is 11.2. The molecule has 0 fully saturated rings. The SMILES string of the molecule is Cc1ccc(-n2c(SCC(=O)Nc3ccccc3C(C)C)nc3ccccc3c2=O)c(C)c1. The maximum atomic E-state index is 13.5. The molecule has 0 unspecified atom stereocenters. The Hall–Kier alpha value is -3.38. The largest absolute Gasteiger partial charge is 0.325 e. The van der Waals surface area contributed by atoms with Crippen molar-refractivity contribution in [2.75, 3.05) is 11.1 Å². The Morgan fingerprint density at radius 2 is 1.76 bits per heavy atom. The Balaban J connectivity index is 1.69. The van der Waals surface area contributed by atoms with Crippen LogP contribution in [0, 0.1) is 13.8 Å². The zero-order valence-corrected chi connectivity index (χ0v) is 20.1. The van der Waals surface area contributed by atoms with Gasteiger partial charge in [0.05, 0.1) is 22.3 Å². The lowest BCUT2D eigenvalue weighted by Crippen LogP contribution is -2.23. The van der Waals surface area contributed by atoms with Crippen LogP contribution in [0.25, 0.3) is 16.6 Å². The summed E-state index contributed by atoms with van der Waals surface area (Å²) < 4.78 is 1.62. The molecule has 0 aliphatic rings. The fraction of sp³-hybridized carbons (Fsp3) is 0.222. The van der Waals surface area contributed by atoms with Gasteiger partial charge in [-0.15, -0.1) is 0 Å². The summed E-state index contributed by atoms with van der Waals surface area (Å²) >= 11 is 1.27. The highest BCUT2D eigenvalue weighted by molar-refractivity contribution is 7.99. The number of benzene rings is 3. The maximum absolute atomic E-state index is 13.5. The van der Waals surface area contributed by atoms with Crippen LogP contribution in [0.4, 0.5) is 5.69 Å². The lowest BCUT2D eigenvalue weighted by Gasteiger charge is -2.16. The minimum atomic E-state index is -0.138. The molecule has 1 N–H and O–H groups in total. The van der Waals surface area contributed by atoms with Crippen molar-refractivity contribution in [3.63, 3.8) is 0 Å². The molecule has 4 rings (SSSR count). The van der Waals surface area contributed by atoms with Gasteiger partial charge >= 0.3 is 0 Å². The molecule has 168 valence electrons. The van der Waals surface area contributed by atoms with Crippen molar-refractivity contribution in [3.05, 3.63) is 93.8 Å². The standard InChI is InChI=1S/C27H27N3O2S/c1-17(2)20-9-5-7-11-22(20)28-25(31)16-33-27-29-23-12-8-6-10-21(23)26(32)30(27)24-14-13-18(3)15-19(24)4/h5-15,17H,16H2,1-4H3,(H,28,31). The van der Waals surface area contributed by atoms with E-state index in [0.29, 0.717) is 22.0 Å². The van der Waals surface area contributed by atoms with Gasteiger partial charge in [0.25, 0.3) is 5.56 Å². The smallest absolute Gasteiger partial charge is 0.266 e. The van der Waals surface area contributed by atoms with Crippen molar-refractivity contribution in [1.82, 2.24) is 9.55 Å². The van der Waals surface area contributed by atoms with Gasteiger partial charge in [0.15, 0.2) is 5.16 Å². The number of amides is 1. The number of carbonyl (C=O) groups is 1. The fourth-order valence-corrected chi connectivity index (χ4v) is 4.71. The van der Waals surface area contributed by atoms with Crippen LogP contribution in [0.5, 0.6) is 0 Å². The average molecular weight is 458 g/mol. The average Bonchev–Trinajstić information content (AvgIpc) is 2.79. The summed E-state index contributed by atoms with van der Waals surface area (Å²) in [6, 6.07) is 21.1. The Kier molecular flexibility index (Phi) is 6.65. The number of para-hydroxylation sites is 2. The van der Waals surface area contributed by atoms with Crippen LogP contribution >= 0.6 is 11.8 Å². The molecular weight excluding hydrogens is 430 g/mol. The second-order valence-electron chi connectivity index (χ2n) is 8.42. The molecule has 1 heterocycles. The van der Waals surface area contributed by atoms with Gasteiger partial charge in [-0.2, -0.15) is 0 Å². The van der Waals surface area contributed by atoms with Crippen LogP contribution in [0.3, 0.4) is 0 Å². The molecule has 6 heteroatoms. The second kappa shape index (κ2) is 9.63. The molecule has 0 aliphatic heterocycles. The number of hydrogen-bond donors (Lipinski definition) is 1. The van der Waals surface area contributed by atoms with E-state index in [4.69, 9.17) is 4.98 Å². The number of aryl methyl sites for hydroxylation is 2. The number of fused-ring (bicyclic) bond motifs is 1. The van der Waals surface area contributed by atoms with Crippen molar-refractivity contribution in [2.24, 2.45) is 0 Å². The minimum absolute atomic E-state index is 0.136. The molecule has 0 radical (unpaired) electrons. The summed E-state index contributed by atoms with van der Waals surface area (Å²) in [5, 5.41) is 4.07. The summed E-state index contributed by atoms with van der Waals surface area (Å²) in [5.74, 6) is 0.302. The molecule has 33 heavy (non-hydrogen) atoms. The number of hydrogen-bond acceptors (Lipinski definition) is 4. The van der Waals surface area contributed by atoms with Gasteiger partial charge < -0.3 is 5.32 Å². The first-order chi connectivity index (χ1) is 15.8. The van der Waals surface area contributed by atoms with Crippen LogP contribution < -0.4 is 10.9 Å². The van der Waals surface area contributed by atoms with E-state index in [1.54, 1.807) is 10.6 Å². The lowest BCUT2D eigenvalue weighted by atomic mass is 10.0. The number of nitrogens with one attached hydrogen (secondary N) is 1. The first kappa shape index (κ1) is 22.8. The second-order valence-corrected chi connectivity index (χ2v) is 9.36. The summed E-state index contributed by atoms with van der Waals surface area (Å²) in [5.41, 5.74) is 5.26. The summed E-state index contributed by atoms with van der Waals surface area (Å²) in [6.07, 6.45) is 0. The van der Waals surface area contributed by atoms with E-state index in [0.717, 1.165) is 28.1 Å². The number of nitrogens with zero attached hydrogens (tertiary/aromatic N) is 2. The highest BCUT2D eigenvalue weighted by atomic mass is 32.2. The predicted molar refractivity (Wildman–Crippen MR) is 137 cm³/mol. The Morgan fingerprint density at radius 1 is 1.03 bits per heavy atom. The van der Waals surface area contributed by atoms with Crippen LogP contribution in [0.15, 0.2) is 76.7 Å². The Bertz CT molecular complexity index is 1390. The van der Waals surface area contributed by atoms with Gasteiger partial charge in [0.1, 0.15) is 0 Å². The van der Waals surface area contributed by atoms with Gasteiger partial charge in [0, 0.05) is 5.69 Å². The molecule has 0 aliphatic carbocycles. The Morgan fingerprint density at radius 3 is 2.52 bits per heavy atom. The van der Waals surface area contributed by atoms with Gasteiger partial charge in [0.2, 0.25) is 5.91 Å². The van der Waals surface area contributed by atoms with E-state index in [9.17, 15) is 9.59 Å². The molecule has 3 aromatic carbocycles. The molecule has 0 saturated heterocycles. The van der Waals surface area contributed by atoms with Crippen LogP contribution in [-0.2, 0) is 4.79 Å². The monoisotopic (exact) mass is 457 g/mol. The van der Waals surface area contributed by atoms with E-state index in [1.807, 2.05) is 74.5 Å². The maximum Gasteiger partial charge on any atom is 0.266 e. The van der Waals surface area contributed by atoms with E-state index < -0.39 is 0 Å². The van der Waals surface area contributed by atoms with Crippen molar-refractivity contribution in [2.45, 2.75) is 38.8 Å². The van der Waals surface area contributed by atoms with Crippen molar-refractivity contribution in [3.8, 4) is 5.69 Å². The zero-order chi connectivity index (χ0) is 23.5. The molecule has 4 aromatic rings. The van der Waals surface area contributed by atoms with Crippen molar-refractivity contribution in [1.29, 1.82) is 0 Å². The molecule has 1 aromatic heterocycles. The van der Waals surface area contributed by atoms with Gasteiger partial charge in [-0.1, -0.05) is 73.6 Å². The summed E-state index contributed by atoms with van der Waals surface area (Å²) in [4.78, 5) is 31.0. The van der Waals surface area contributed by atoms with Crippen LogP contribution in [0.2, 0.25) is 0 Å². The predicted octanol–water partition coefficient (Wildman–Crippen LogP) is 5.86. The van der Waals surface area contributed by atoms with Crippen molar-refractivity contribution < 1.29 is 4.79 Å². The summed E-state index contributed by atoms with van der Waals surface area (Å²) in [6.45, 7) is 8.20. The number of carbonyl (C=O) groups excluding carboxylic acids is 1. The van der Waals surface area contributed by atoms with Gasteiger partial charge in [-0.25, -0.2) is 4.98 Å². The van der Waals surface area contributed by atoms with Gasteiger partial charge in [-0.05, 0) is 55.2 Å². The van der Waals surface area contributed by atoms with Crippen LogP contribution in [0.1, 0.15) is 36.5 Å². The number of aromatic nitrogens is 2.